The summed E-state index contributed by atoms with van der Waals surface area (Å²) < 4.78 is 7.00. The van der Waals surface area contributed by atoms with Gasteiger partial charge in [-0.25, -0.2) is 5.43 Å². The molecule has 0 unspecified atom stereocenters. The third-order valence-electron chi connectivity index (χ3n) is 4.93. The molecule has 0 saturated carbocycles. The van der Waals surface area contributed by atoms with Crippen molar-refractivity contribution in [1.82, 2.24) is 15.6 Å². The van der Waals surface area contributed by atoms with Gasteiger partial charge >= 0.3 is 5.16 Å². The van der Waals surface area contributed by atoms with Gasteiger partial charge in [0.25, 0.3) is 11.7 Å². The first kappa shape index (κ1) is 23.1. The monoisotopic (exact) mass is 473 g/mol. The van der Waals surface area contributed by atoms with Crippen LogP contribution in [0.3, 0.4) is 0 Å². The summed E-state index contributed by atoms with van der Waals surface area (Å²) in [5.74, 6) is 0.662. The Morgan fingerprint density at radius 1 is 1.18 bits per heavy atom. The van der Waals surface area contributed by atoms with E-state index in [-0.39, 0.29) is 23.2 Å². The fourth-order valence-electron chi connectivity index (χ4n) is 3.22. The van der Waals surface area contributed by atoms with Crippen molar-refractivity contribution in [2.45, 2.75) is 12.1 Å². The van der Waals surface area contributed by atoms with Gasteiger partial charge in [0, 0.05) is 0 Å². The molecule has 0 aliphatic carbocycles. The number of amides is 1. The summed E-state index contributed by atoms with van der Waals surface area (Å²) in [6.45, 7) is 2.04. The number of rotatable bonds is 8. The molecule has 0 spiro atoms. The topological polar surface area (TPSA) is 106 Å². The average molecular weight is 474 g/mol. The lowest BCUT2D eigenvalue weighted by atomic mass is 10.2. The Hall–Kier alpha value is -4.11. The molecule has 0 atom stereocenters. The highest BCUT2D eigenvalue weighted by molar-refractivity contribution is 7.99. The number of ether oxygens (including phenoxy) is 1. The molecular formula is C25H23N5O3S. The van der Waals surface area contributed by atoms with E-state index >= 15 is 0 Å². The molecule has 0 saturated heterocycles. The van der Waals surface area contributed by atoms with E-state index in [1.807, 2.05) is 66.1 Å². The summed E-state index contributed by atoms with van der Waals surface area (Å²) in [6, 6.07) is 22.6. The third-order valence-corrected chi connectivity index (χ3v) is 5.87. The van der Waals surface area contributed by atoms with Crippen LogP contribution >= 0.6 is 11.8 Å². The number of hydrogen-bond acceptors (Lipinski definition) is 6. The SMILES string of the molecule is COc1cc(/C=N/NC(=O)CSc2n[nH]c(-c3ccccc3)[n+]2-c2ccc(C)cc2)ccc1[O-]. The van der Waals surface area contributed by atoms with Crippen molar-refractivity contribution in [2.24, 2.45) is 5.10 Å². The second-order valence-electron chi connectivity index (χ2n) is 7.38. The van der Waals surface area contributed by atoms with E-state index in [1.165, 1.54) is 31.2 Å². The summed E-state index contributed by atoms with van der Waals surface area (Å²) in [4.78, 5) is 12.4. The lowest BCUT2D eigenvalue weighted by Crippen LogP contribution is -2.34. The standard InChI is InChI=1S/C25H23N5O3S/c1-17-8-11-20(12-9-17)30-24(19-6-4-3-5-7-19)28-29-25(30)34-16-23(32)27-26-15-18-10-13-21(31)22(14-18)33-2/h3-15H,16H2,1-2H3,(H2,26,27,31,32). The number of hydrogen-bond donors (Lipinski definition) is 2. The van der Waals surface area contributed by atoms with Gasteiger partial charge < -0.3 is 9.84 Å². The number of nitrogens with one attached hydrogen (secondary N) is 2. The zero-order valence-electron chi connectivity index (χ0n) is 18.7. The van der Waals surface area contributed by atoms with Gasteiger partial charge in [0.05, 0.1) is 29.7 Å². The van der Waals surface area contributed by atoms with Gasteiger partial charge in [-0.2, -0.15) is 9.67 Å². The smallest absolute Gasteiger partial charge is 0.342 e. The summed E-state index contributed by atoms with van der Waals surface area (Å²) in [7, 11) is 1.43. The molecule has 3 aromatic carbocycles. The maximum atomic E-state index is 12.4. The number of carbonyl (C=O) groups is 1. The van der Waals surface area contributed by atoms with Crippen LogP contribution in [0.4, 0.5) is 0 Å². The highest BCUT2D eigenvalue weighted by Crippen LogP contribution is 2.23. The van der Waals surface area contributed by atoms with Crippen LogP contribution in [-0.4, -0.2) is 35.2 Å². The van der Waals surface area contributed by atoms with Crippen LogP contribution in [0.5, 0.6) is 11.5 Å². The highest BCUT2D eigenvalue weighted by atomic mass is 32.2. The summed E-state index contributed by atoms with van der Waals surface area (Å²) in [5, 5.41) is 23.8. The van der Waals surface area contributed by atoms with Crippen molar-refractivity contribution in [3.05, 3.63) is 83.9 Å². The Balaban J connectivity index is 1.48. The molecule has 34 heavy (non-hydrogen) atoms. The van der Waals surface area contributed by atoms with Crippen molar-refractivity contribution >= 4 is 23.9 Å². The van der Waals surface area contributed by atoms with Gasteiger partial charge in [-0.15, -0.1) is 5.10 Å². The second-order valence-corrected chi connectivity index (χ2v) is 8.33. The van der Waals surface area contributed by atoms with Gasteiger partial charge in [0.15, 0.2) is 0 Å². The van der Waals surface area contributed by atoms with E-state index in [0.717, 1.165) is 22.6 Å². The molecule has 9 heteroatoms. The first-order chi connectivity index (χ1) is 16.5. The fraction of sp³-hybridized carbons (Fsp3) is 0.120. The molecule has 0 bridgehead atoms. The third kappa shape index (κ3) is 5.44. The normalized spacial score (nSPS) is 11.0. The number of thioether (sulfide) groups is 1. The van der Waals surface area contributed by atoms with Crippen LogP contribution < -0.4 is 19.8 Å². The van der Waals surface area contributed by atoms with Gasteiger partial charge in [-0.05, 0) is 54.6 Å². The van der Waals surface area contributed by atoms with Crippen molar-refractivity contribution in [2.75, 3.05) is 12.9 Å². The molecule has 1 heterocycles. The average Bonchev–Trinajstić information content (AvgIpc) is 3.29. The number of aromatic amines is 1. The summed E-state index contributed by atoms with van der Waals surface area (Å²) >= 11 is 1.30. The molecule has 2 N–H and O–H groups in total. The van der Waals surface area contributed by atoms with E-state index in [0.29, 0.717) is 10.7 Å². The predicted octanol–water partition coefficient (Wildman–Crippen LogP) is 2.99. The van der Waals surface area contributed by atoms with Crippen LogP contribution in [0.15, 0.2) is 83.1 Å². The number of aromatic nitrogens is 3. The van der Waals surface area contributed by atoms with Crippen molar-refractivity contribution in [3.8, 4) is 28.6 Å². The molecule has 0 aliphatic rings. The number of hydrazone groups is 1. The van der Waals surface area contributed by atoms with E-state index < -0.39 is 0 Å². The van der Waals surface area contributed by atoms with E-state index in [4.69, 9.17) is 4.74 Å². The number of carbonyl (C=O) groups excluding carboxylic acids is 1. The van der Waals surface area contributed by atoms with Crippen LogP contribution in [0, 0.1) is 6.92 Å². The number of methoxy groups -OCH3 is 1. The summed E-state index contributed by atoms with van der Waals surface area (Å²) in [6.07, 6.45) is 1.46. The van der Waals surface area contributed by atoms with Crippen LogP contribution in [0.2, 0.25) is 0 Å². The molecule has 0 fully saturated rings. The lowest BCUT2D eigenvalue weighted by molar-refractivity contribution is -0.625. The predicted molar refractivity (Wildman–Crippen MR) is 129 cm³/mol. The van der Waals surface area contributed by atoms with Crippen molar-refractivity contribution < 1.29 is 19.2 Å². The Kier molecular flexibility index (Phi) is 7.24. The summed E-state index contributed by atoms with van der Waals surface area (Å²) in [5.41, 5.74) is 6.22. The first-order valence-corrected chi connectivity index (χ1v) is 11.5. The molecule has 8 nitrogen and oxygen atoms in total. The van der Waals surface area contributed by atoms with Crippen molar-refractivity contribution in [1.29, 1.82) is 0 Å². The first-order valence-electron chi connectivity index (χ1n) is 10.5. The Labute approximate surface area is 201 Å². The number of benzene rings is 3. The quantitative estimate of drug-likeness (QED) is 0.177. The maximum absolute atomic E-state index is 12.4. The van der Waals surface area contributed by atoms with Crippen molar-refractivity contribution in [3.63, 3.8) is 0 Å². The van der Waals surface area contributed by atoms with E-state index in [1.54, 1.807) is 12.1 Å². The molecule has 0 aliphatic heterocycles. The van der Waals surface area contributed by atoms with Gasteiger partial charge in [0.1, 0.15) is 11.4 Å². The lowest BCUT2D eigenvalue weighted by Gasteiger charge is -2.11. The van der Waals surface area contributed by atoms with Gasteiger partial charge in [-0.3, -0.25) is 4.79 Å². The fourth-order valence-corrected chi connectivity index (χ4v) is 3.98. The number of aryl methyl sites for hydroxylation is 1. The molecule has 1 aromatic heterocycles. The highest BCUT2D eigenvalue weighted by Gasteiger charge is 2.24. The number of H-pyrrole nitrogens is 1. The Morgan fingerprint density at radius 3 is 2.68 bits per heavy atom. The zero-order chi connectivity index (χ0) is 23.9. The zero-order valence-corrected chi connectivity index (χ0v) is 19.5. The largest absolute Gasteiger partial charge is 0.870 e. The van der Waals surface area contributed by atoms with E-state index in [2.05, 4.69) is 20.7 Å². The Morgan fingerprint density at radius 2 is 1.94 bits per heavy atom. The van der Waals surface area contributed by atoms with E-state index in [9.17, 15) is 9.90 Å². The van der Waals surface area contributed by atoms with Crippen LogP contribution in [-0.2, 0) is 4.79 Å². The molecular weight excluding hydrogens is 450 g/mol. The minimum absolute atomic E-state index is 0.116. The second kappa shape index (κ2) is 10.7. The van der Waals surface area contributed by atoms with Gasteiger partial charge in [0.2, 0.25) is 0 Å². The van der Waals surface area contributed by atoms with Crippen LogP contribution in [0.1, 0.15) is 11.1 Å². The van der Waals surface area contributed by atoms with Gasteiger partial charge in [-0.1, -0.05) is 53.8 Å². The maximum Gasteiger partial charge on any atom is 0.342 e. The molecule has 1 amide bonds. The molecule has 4 aromatic rings. The van der Waals surface area contributed by atoms with Crippen LogP contribution in [0.25, 0.3) is 17.1 Å². The minimum atomic E-state index is -0.284. The Bertz CT molecular complexity index is 1300. The minimum Gasteiger partial charge on any atom is -0.870 e. The molecule has 0 radical (unpaired) electrons. The number of nitrogens with zero attached hydrogens (tertiary/aromatic N) is 3. The molecule has 4 rings (SSSR count). The molecule has 172 valence electrons.